The molecule has 1 amide bonds. The molecule has 0 bridgehead atoms. The van der Waals surface area contributed by atoms with Crippen LogP contribution in [0.5, 0.6) is 0 Å². The Labute approximate surface area is 144 Å². The number of hydrogen-bond donors (Lipinski definition) is 1. The number of ether oxygens (including phenoxy) is 2. The molecule has 3 rings (SSSR count). The van der Waals surface area contributed by atoms with Crippen LogP contribution in [0, 0.1) is 0 Å². The van der Waals surface area contributed by atoms with Gasteiger partial charge >= 0.3 is 6.09 Å². The first kappa shape index (κ1) is 17.3. The molecule has 0 aromatic rings. The summed E-state index contributed by atoms with van der Waals surface area (Å²) in [7, 11) is 0. The molecule has 2 fully saturated rings. The largest absolute Gasteiger partial charge is 0.444 e. The van der Waals surface area contributed by atoms with Crippen molar-refractivity contribution in [3.8, 4) is 0 Å². The van der Waals surface area contributed by atoms with Crippen LogP contribution in [0.3, 0.4) is 0 Å². The average Bonchev–Trinajstić information content (AvgIpc) is 3.09. The number of hydrogen-bond acceptors (Lipinski definition) is 6. The summed E-state index contributed by atoms with van der Waals surface area (Å²) in [4.78, 5) is 21.0. The van der Waals surface area contributed by atoms with Gasteiger partial charge < -0.3 is 24.6 Å². The zero-order valence-corrected chi connectivity index (χ0v) is 15.3. The number of guanidine groups is 1. The number of rotatable bonds is 2. The molecule has 2 atom stereocenters. The monoisotopic (exact) mass is 338 g/mol. The van der Waals surface area contributed by atoms with Crippen molar-refractivity contribution in [2.45, 2.75) is 57.8 Å². The van der Waals surface area contributed by atoms with E-state index in [0.717, 1.165) is 45.0 Å². The molecule has 3 aliphatic rings. The lowest BCUT2D eigenvalue weighted by molar-refractivity contribution is 0.0131. The minimum Gasteiger partial charge on any atom is -0.444 e. The molecule has 0 aliphatic carbocycles. The number of amides is 1. The van der Waals surface area contributed by atoms with E-state index in [1.807, 2.05) is 20.8 Å². The van der Waals surface area contributed by atoms with Crippen LogP contribution in [0.25, 0.3) is 0 Å². The Hall–Kier alpha value is -1.50. The van der Waals surface area contributed by atoms with Gasteiger partial charge in [-0.3, -0.25) is 4.99 Å². The number of carbonyl (C=O) groups is 1. The molecule has 1 N–H and O–H groups in total. The van der Waals surface area contributed by atoms with Gasteiger partial charge in [-0.25, -0.2) is 4.79 Å². The van der Waals surface area contributed by atoms with Crippen molar-refractivity contribution in [2.75, 3.05) is 39.3 Å². The van der Waals surface area contributed by atoms with Crippen LogP contribution in [-0.2, 0) is 9.47 Å². The van der Waals surface area contributed by atoms with Crippen LogP contribution >= 0.6 is 0 Å². The van der Waals surface area contributed by atoms with Crippen molar-refractivity contribution in [3.63, 3.8) is 0 Å². The van der Waals surface area contributed by atoms with Crippen molar-refractivity contribution in [2.24, 2.45) is 4.99 Å². The Morgan fingerprint density at radius 1 is 1.46 bits per heavy atom. The molecular formula is C17H30N4O3. The fourth-order valence-corrected chi connectivity index (χ4v) is 3.47. The molecule has 0 saturated carbocycles. The normalized spacial score (nSPS) is 30.2. The standard InChI is InChI=1S/C17H30N4O3/c1-16(2,3)24-15(22)20-7-8-21-13(11-20)10-18-14(21)19-12-17(4)6-5-9-23-17/h13H,5-12H2,1-4H3,(H,18,19). The fourth-order valence-electron chi connectivity index (χ4n) is 3.47. The summed E-state index contributed by atoms with van der Waals surface area (Å²) in [5.74, 6) is 0.945. The Bertz CT molecular complexity index is 508. The predicted molar refractivity (Wildman–Crippen MR) is 92.2 cm³/mol. The van der Waals surface area contributed by atoms with E-state index in [0.29, 0.717) is 13.1 Å². The quantitative estimate of drug-likeness (QED) is 0.825. The van der Waals surface area contributed by atoms with Gasteiger partial charge in [0.05, 0.1) is 18.2 Å². The van der Waals surface area contributed by atoms with Gasteiger partial charge in [0.15, 0.2) is 5.96 Å². The van der Waals surface area contributed by atoms with Crippen LogP contribution in [0.2, 0.25) is 0 Å². The Morgan fingerprint density at radius 3 is 2.92 bits per heavy atom. The molecule has 7 nitrogen and oxygen atoms in total. The highest BCUT2D eigenvalue weighted by atomic mass is 16.6. The van der Waals surface area contributed by atoms with E-state index in [9.17, 15) is 4.79 Å². The van der Waals surface area contributed by atoms with Gasteiger partial charge in [0.1, 0.15) is 5.60 Å². The second kappa shape index (κ2) is 6.43. The lowest BCUT2D eigenvalue weighted by Gasteiger charge is -2.39. The maximum atomic E-state index is 12.2. The zero-order chi connectivity index (χ0) is 17.4. The SMILES string of the molecule is CC(C)(C)OC(=O)N1CCN2C(NCC3(C)CCCO3)=NCC2C1. The third-order valence-electron chi connectivity index (χ3n) is 4.78. The lowest BCUT2D eigenvalue weighted by atomic mass is 10.0. The summed E-state index contributed by atoms with van der Waals surface area (Å²) in [5.41, 5.74) is -0.539. The van der Waals surface area contributed by atoms with Crippen LogP contribution in [0.15, 0.2) is 4.99 Å². The summed E-state index contributed by atoms with van der Waals surface area (Å²) >= 11 is 0. The number of piperazine rings is 1. The van der Waals surface area contributed by atoms with Gasteiger partial charge in [0, 0.05) is 32.8 Å². The van der Waals surface area contributed by atoms with Crippen LogP contribution in [-0.4, -0.2) is 78.4 Å². The second-order valence-corrected chi connectivity index (χ2v) is 8.19. The molecule has 0 radical (unpaired) electrons. The molecule has 2 saturated heterocycles. The molecule has 24 heavy (non-hydrogen) atoms. The molecule has 0 aromatic carbocycles. The summed E-state index contributed by atoms with van der Waals surface area (Å²) in [6.45, 7) is 12.3. The van der Waals surface area contributed by atoms with E-state index in [4.69, 9.17) is 9.47 Å². The fraction of sp³-hybridized carbons (Fsp3) is 0.882. The van der Waals surface area contributed by atoms with Crippen molar-refractivity contribution >= 4 is 12.1 Å². The van der Waals surface area contributed by atoms with Gasteiger partial charge in [-0.05, 0) is 40.5 Å². The van der Waals surface area contributed by atoms with Crippen LogP contribution in [0.4, 0.5) is 4.79 Å². The van der Waals surface area contributed by atoms with E-state index in [-0.39, 0.29) is 17.7 Å². The maximum absolute atomic E-state index is 12.2. The van der Waals surface area contributed by atoms with Gasteiger partial charge in [0.2, 0.25) is 0 Å². The molecule has 136 valence electrons. The summed E-state index contributed by atoms with van der Waals surface area (Å²) in [6.07, 6.45) is 1.99. The second-order valence-electron chi connectivity index (χ2n) is 8.19. The van der Waals surface area contributed by atoms with Gasteiger partial charge in [-0.15, -0.1) is 0 Å². The molecular weight excluding hydrogens is 308 g/mol. The molecule has 2 unspecified atom stereocenters. The third kappa shape index (κ3) is 3.94. The first-order valence-corrected chi connectivity index (χ1v) is 8.93. The van der Waals surface area contributed by atoms with Crippen molar-refractivity contribution < 1.29 is 14.3 Å². The van der Waals surface area contributed by atoms with Gasteiger partial charge in [0.25, 0.3) is 0 Å². The van der Waals surface area contributed by atoms with Crippen molar-refractivity contribution in [3.05, 3.63) is 0 Å². The van der Waals surface area contributed by atoms with E-state index >= 15 is 0 Å². The number of nitrogens with one attached hydrogen (secondary N) is 1. The Balaban J connectivity index is 1.50. The van der Waals surface area contributed by atoms with E-state index in [2.05, 4.69) is 22.1 Å². The first-order chi connectivity index (χ1) is 11.3. The van der Waals surface area contributed by atoms with Gasteiger partial charge in [-0.1, -0.05) is 0 Å². The molecule has 7 heteroatoms. The van der Waals surface area contributed by atoms with E-state index in [1.54, 1.807) is 4.90 Å². The van der Waals surface area contributed by atoms with Crippen LogP contribution in [0.1, 0.15) is 40.5 Å². The average molecular weight is 338 g/mol. The summed E-state index contributed by atoms with van der Waals surface area (Å²) < 4.78 is 11.3. The van der Waals surface area contributed by atoms with E-state index < -0.39 is 5.60 Å². The predicted octanol–water partition coefficient (Wildman–Crippen LogP) is 1.44. The van der Waals surface area contributed by atoms with Crippen molar-refractivity contribution in [1.29, 1.82) is 0 Å². The number of fused-ring (bicyclic) bond motifs is 1. The number of aliphatic imine (C=N–C) groups is 1. The Morgan fingerprint density at radius 2 is 2.25 bits per heavy atom. The highest BCUT2D eigenvalue weighted by Crippen LogP contribution is 2.25. The number of nitrogens with zero attached hydrogens (tertiary/aromatic N) is 3. The molecule has 3 heterocycles. The summed E-state index contributed by atoms with van der Waals surface area (Å²) in [6, 6.07) is 0.242. The highest BCUT2D eigenvalue weighted by Gasteiger charge is 2.37. The van der Waals surface area contributed by atoms with E-state index in [1.165, 1.54) is 0 Å². The third-order valence-corrected chi connectivity index (χ3v) is 4.78. The smallest absolute Gasteiger partial charge is 0.410 e. The molecule has 3 aliphatic heterocycles. The topological polar surface area (TPSA) is 66.4 Å². The summed E-state index contributed by atoms with van der Waals surface area (Å²) in [5, 5.41) is 3.46. The van der Waals surface area contributed by atoms with Crippen LogP contribution < -0.4 is 5.32 Å². The zero-order valence-electron chi connectivity index (χ0n) is 15.3. The molecule has 0 aromatic heterocycles. The first-order valence-electron chi connectivity index (χ1n) is 8.93. The minimum absolute atomic E-state index is 0.0844. The van der Waals surface area contributed by atoms with Gasteiger partial charge in [-0.2, -0.15) is 0 Å². The number of carbonyl (C=O) groups excluding carboxylic acids is 1. The maximum Gasteiger partial charge on any atom is 0.410 e. The lowest BCUT2D eigenvalue weighted by Crippen LogP contribution is -2.58. The Kier molecular flexibility index (Phi) is 4.64. The van der Waals surface area contributed by atoms with Crippen molar-refractivity contribution in [1.82, 2.24) is 15.1 Å². The highest BCUT2D eigenvalue weighted by molar-refractivity contribution is 5.82. The minimum atomic E-state index is -0.455. The molecule has 0 spiro atoms.